The van der Waals surface area contributed by atoms with Crippen LogP contribution in [0.15, 0.2) is 11.6 Å². The van der Waals surface area contributed by atoms with Crippen LogP contribution in [-0.4, -0.2) is 5.78 Å². The molecule has 0 unspecified atom stereocenters. The van der Waals surface area contributed by atoms with E-state index in [1.807, 2.05) is 0 Å². The van der Waals surface area contributed by atoms with Gasteiger partial charge in [-0.05, 0) is 31.6 Å². The van der Waals surface area contributed by atoms with Crippen molar-refractivity contribution in [3.05, 3.63) is 11.6 Å². The zero-order valence-corrected chi connectivity index (χ0v) is 10.6. The van der Waals surface area contributed by atoms with E-state index in [4.69, 9.17) is 0 Å². The van der Waals surface area contributed by atoms with Crippen molar-refractivity contribution in [3.8, 4) is 0 Å². The van der Waals surface area contributed by atoms with Gasteiger partial charge < -0.3 is 0 Å². The fourth-order valence-corrected chi connectivity index (χ4v) is 2.74. The zero-order chi connectivity index (χ0) is 11.5. The van der Waals surface area contributed by atoms with Crippen LogP contribution in [0.2, 0.25) is 0 Å². The van der Waals surface area contributed by atoms with Crippen LogP contribution in [0.3, 0.4) is 0 Å². The molecule has 1 aliphatic rings. The number of hydrogen-bond donors (Lipinski definition) is 0. The van der Waals surface area contributed by atoms with Gasteiger partial charge in [0.05, 0.1) is 0 Å². The summed E-state index contributed by atoms with van der Waals surface area (Å²) < 4.78 is 0. The lowest BCUT2D eigenvalue weighted by molar-refractivity contribution is -0.125. The number of carbonyl (C=O) groups is 1. The number of carbonyl (C=O) groups excluding carboxylic acids is 1. The Kier molecular flexibility index (Phi) is 4.12. The summed E-state index contributed by atoms with van der Waals surface area (Å²) >= 11 is 0. The van der Waals surface area contributed by atoms with Crippen molar-refractivity contribution in [1.82, 2.24) is 0 Å². The summed E-state index contributed by atoms with van der Waals surface area (Å²) in [5, 5.41) is 0. The van der Waals surface area contributed by atoms with Crippen molar-refractivity contribution in [2.24, 2.45) is 11.3 Å². The minimum Gasteiger partial charge on any atom is -0.299 e. The van der Waals surface area contributed by atoms with E-state index in [1.165, 1.54) is 5.57 Å². The highest BCUT2D eigenvalue weighted by Gasteiger charge is 2.36. The van der Waals surface area contributed by atoms with E-state index in [2.05, 4.69) is 33.8 Å². The summed E-state index contributed by atoms with van der Waals surface area (Å²) in [6, 6.07) is 0. The maximum Gasteiger partial charge on any atom is 0.140 e. The lowest BCUT2D eigenvalue weighted by Gasteiger charge is -2.37. The second kappa shape index (κ2) is 4.96. The summed E-state index contributed by atoms with van der Waals surface area (Å²) in [4.78, 5) is 12.1. The Bertz CT molecular complexity index is 261. The molecule has 1 rings (SSSR count). The van der Waals surface area contributed by atoms with Gasteiger partial charge >= 0.3 is 0 Å². The molecule has 0 amide bonds. The van der Waals surface area contributed by atoms with Crippen LogP contribution in [-0.2, 0) is 4.79 Å². The largest absolute Gasteiger partial charge is 0.299 e. The first-order valence-electron chi connectivity index (χ1n) is 6.18. The minimum absolute atomic E-state index is 0.170. The number of ketones is 1. The smallest absolute Gasteiger partial charge is 0.140 e. The Balaban J connectivity index is 2.75. The molecule has 0 aliphatic heterocycles. The Morgan fingerprint density at radius 3 is 2.73 bits per heavy atom. The Morgan fingerprint density at radius 2 is 2.20 bits per heavy atom. The van der Waals surface area contributed by atoms with Crippen LogP contribution >= 0.6 is 0 Å². The van der Waals surface area contributed by atoms with E-state index in [1.54, 1.807) is 0 Å². The first-order valence-corrected chi connectivity index (χ1v) is 6.18. The van der Waals surface area contributed by atoms with E-state index in [9.17, 15) is 4.79 Å². The van der Waals surface area contributed by atoms with Crippen molar-refractivity contribution < 1.29 is 4.79 Å². The molecule has 0 N–H and O–H groups in total. The third-order valence-corrected chi connectivity index (χ3v) is 3.59. The Morgan fingerprint density at radius 1 is 1.53 bits per heavy atom. The fourth-order valence-electron chi connectivity index (χ4n) is 2.74. The number of allylic oxidation sites excluding steroid dienone is 2. The monoisotopic (exact) mass is 208 g/mol. The zero-order valence-electron chi connectivity index (χ0n) is 10.6. The summed E-state index contributed by atoms with van der Waals surface area (Å²) in [6.07, 6.45) is 7.44. The maximum absolute atomic E-state index is 12.1. The number of hydrogen-bond acceptors (Lipinski definition) is 1. The van der Waals surface area contributed by atoms with E-state index >= 15 is 0 Å². The molecule has 1 aliphatic carbocycles. The second-order valence-electron chi connectivity index (χ2n) is 5.48. The number of rotatable bonds is 4. The van der Waals surface area contributed by atoms with E-state index < -0.39 is 0 Å². The Labute approximate surface area is 93.9 Å². The molecular weight excluding hydrogens is 184 g/mol. The van der Waals surface area contributed by atoms with Gasteiger partial charge in [-0.15, -0.1) is 0 Å². The van der Waals surface area contributed by atoms with Crippen molar-refractivity contribution >= 4 is 5.78 Å². The fraction of sp³-hybridized carbons (Fsp3) is 0.786. The van der Waals surface area contributed by atoms with Crippen LogP contribution in [0.5, 0.6) is 0 Å². The second-order valence-corrected chi connectivity index (χ2v) is 5.48. The van der Waals surface area contributed by atoms with Gasteiger partial charge in [0.25, 0.3) is 0 Å². The molecule has 0 saturated carbocycles. The summed E-state index contributed by atoms with van der Waals surface area (Å²) in [5.41, 5.74) is 1.47. The van der Waals surface area contributed by atoms with Crippen LogP contribution in [0.1, 0.15) is 59.8 Å². The van der Waals surface area contributed by atoms with E-state index in [-0.39, 0.29) is 11.3 Å². The molecule has 86 valence electrons. The molecule has 1 atom stereocenters. The van der Waals surface area contributed by atoms with Crippen molar-refractivity contribution in [2.75, 3.05) is 0 Å². The van der Waals surface area contributed by atoms with Gasteiger partial charge in [-0.25, -0.2) is 0 Å². The van der Waals surface area contributed by atoms with Crippen LogP contribution in [0.25, 0.3) is 0 Å². The van der Waals surface area contributed by atoms with Crippen molar-refractivity contribution in [3.63, 3.8) is 0 Å². The molecule has 0 heterocycles. The van der Waals surface area contributed by atoms with E-state index in [0.29, 0.717) is 5.78 Å². The predicted molar refractivity (Wildman–Crippen MR) is 64.8 cm³/mol. The molecule has 15 heavy (non-hydrogen) atoms. The quantitative estimate of drug-likeness (QED) is 0.635. The van der Waals surface area contributed by atoms with Gasteiger partial charge in [-0.2, -0.15) is 0 Å². The molecule has 0 bridgehead atoms. The standard InChI is InChI=1S/C14H24O/c1-5-6-9-12(15)13-11(2)8-7-10-14(13,3)4/h8,13H,5-7,9-10H2,1-4H3/t13-/m0/s1. The third-order valence-electron chi connectivity index (χ3n) is 3.59. The molecule has 0 aromatic carbocycles. The van der Waals surface area contributed by atoms with Crippen LogP contribution in [0, 0.1) is 11.3 Å². The van der Waals surface area contributed by atoms with Gasteiger partial charge in [-0.3, -0.25) is 4.79 Å². The van der Waals surface area contributed by atoms with Gasteiger partial charge in [0, 0.05) is 12.3 Å². The molecule has 0 spiro atoms. The predicted octanol–water partition coefficient (Wildman–Crippen LogP) is 4.13. The topological polar surface area (TPSA) is 17.1 Å². The number of Topliss-reactive ketones (excluding diaryl/α,β-unsaturated/α-hetero) is 1. The van der Waals surface area contributed by atoms with Crippen molar-refractivity contribution in [1.29, 1.82) is 0 Å². The maximum atomic E-state index is 12.1. The molecule has 0 radical (unpaired) electrons. The third kappa shape index (κ3) is 2.93. The average Bonchev–Trinajstić information content (AvgIpc) is 2.13. The minimum atomic E-state index is 0.170. The molecule has 0 aromatic rings. The normalized spacial score (nSPS) is 24.8. The molecule has 0 aromatic heterocycles. The van der Waals surface area contributed by atoms with Gasteiger partial charge in [-0.1, -0.05) is 38.8 Å². The lowest BCUT2D eigenvalue weighted by Crippen LogP contribution is -2.34. The van der Waals surface area contributed by atoms with Crippen LogP contribution < -0.4 is 0 Å². The first kappa shape index (κ1) is 12.5. The summed E-state index contributed by atoms with van der Waals surface area (Å²) in [6.45, 7) is 8.73. The molecule has 0 fully saturated rings. The highest BCUT2D eigenvalue weighted by molar-refractivity contribution is 5.84. The Hall–Kier alpha value is -0.590. The number of unbranched alkanes of at least 4 members (excludes halogenated alkanes) is 1. The van der Waals surface area contributed by atoms with Crippen LogP contribution in [0.4, 0.5) is 0 Å². The summed E-state index contributed by atoms with van der Waals surface area (Å²) in [5.74, 6) is 0.633. The highest BCUT2D eigenvalue weighted by Crippen LogP contribution is 2.41. The SMILES string of the molecule is CCCCC(=O)[C@@H]1C(C)=CCCC1(C)C. The van der Waals surface area contributed by atoms with E-state index in [0.717, 1.165) is 32.1 Å². The first-order chi connectivity index (χ1) is 6.99. The average molecular weight is 208 g/mol. The van der Waals surface area contributed by atoms with Gasteiger partial charge in [0.2, 0.25) is 0 Å². The lowest BCUT2D eigenvalue weighted by atomic mass is 9.66. The van der Waals surface area contributed by atoms with Crippen molar-refractivity contribution in [2.45, 2.75) is 59.8 Å². The van der Waals surface area contributed by atoms with Gasteiger partial charge in [0.1, 0.15) is 5.78 Å². The molecule has 1 heteroatoms. The highest BCUT2D eigenvalue weighted by atomic mass is 16.1. The molecular formula is C14H24O. The summed E-state index contributed by atoms with van der Waals surface area (Å²) in [7, 11) is 0. The molecule has 1 nitrogen and oxygen atoms in total. The molecule has 0 saturated heterocycles. The van der Waals surface area contributed by atoms with Gasteiger partial charge in [0.15, 0.2) is 0 Å².